The molecule has 0 amide bonds. The molecule has 2 aromatic heterocycles. The maximum Gasteiger partial charge on any atom is 0.158 e. The van der Waals surface area contributed by atoms with Gasteiger partial charge in [-0.15, -0.1) is 11.6 Å². The molecule has 0 N–H and O–H groups in total. The third-order valence-electron chi connectivity index (χ3n) is 3.80. The molecule has 1 aliphatic carbocycles. The third kappa shape index (κ3) is 1.43. The summed E-state index contributed by atoms with van der Waals surface area (Å²) in [6.45, 7) is 6.56. The van der Waals surface area contributed by atoms with Gasteiger partial charge >= 0.3 is 0 Å². The maximum absolute atomic E-state index is 6.02. The van der Waals surface area contributed by atoms with Gasteiger partial charge in [0.05, 0.1) is 11.6 Å². The highest BCUT2D eigenvalue weighted by Crippen LogP contribution is 2.56. The zero-order valence-electron chi connectivity index (χ0n) is 10.7. The fraction of sp³-hybridized carbons (Fsp3) is 0.667. The Morgan fingerprint density at radius 3 is 2.65 bits per heavy atom. The Morgan fingerprint density at radius 2 is 2.12 bits per heavy atom. The molecule has 0 radical (unpaired) electrons. The van der Waals surface area contributed by atoms with Crippen molar-refractivity contribution >= 4 is 22.8 Å². The lowest BCUT2D eigenvalue weighted by atomic mass is 10.2. The van der Waals surface area contributed by atoms with Crippen LogP contribution in [-0.4, -0.2) is 19.3 Å². The van der Waals surface area contributed by atoms with Gasteiger partial charge in [-0.2, -0.15) is 5.10 Å². The quantitative estimate of drug-likeness (QED) is 0.771. The Balaban J connectivity index is 2.27. The van der Waals surface area contributed by atoms with Gasteiger partial charge in [0.15, 0.2) is 5.65 Å². The molecule has 1 fully saturated rings. The van der Waals surface area contributed by atoms with E-state index in [9.17, 15) is 0 Å². The van der Waals surface area contributed by atoms with E-state index in [0.717, 1.165) is 22.7 Å². The van der Waals surface area contributed by atoms with Crippen molar-refractivity contribution < 1.29 is 0 Å². The number of hydrogen-bond donors (Lipinski definition) is 0. The lowest BCUT2D eigenvalue weighted by Crippen LogP contribution is -2.07. The summed E-state index contributed by atoms with van der Waals surface area (Å²) in [5, 5.41) is 4.43. The highest BCUT2D eigenvalue weighted by molar-refractivity contribution is 6.16. The highest BCUT2D eigenvalue weighted by atomic mass is 35.5. The zero-order chi connectivity index (χ0) is 12.4. The molecule has 0 aromatic carbocycles. The molecular weight excluding hydrogens is 236 g/mol. The number of rotatable bonds is 2. The predicted molar refractivity (Wildman–Crippen MR) is 68.2 cm³/mol. The molecule has 0 aliphatic heterocycles. The minimum atomic E-state index is 0.354. The predicted octanol–water partition coefficient (Wildman–Crippen LogP) is 2.79. The first kappa shape index (κ1) is 11.1. The van der Waals surface area contributed by atoms with Crippen molar-refractivity contribution in [1.29, 1.82) is 0 Å². The van der Waals surface area contributed by atoms with E-state index >= 15 is 0 Å². The van der Waals surface area contributed by atoms with Gasteiger partial charge < -0.3 is 4.57 Å². The van der Waals surface area contributed by atoms with Crippen LogP contribution in [0.5, 0.6) is 0 Å². The largest absolute Gasteiger partial charge is 0.308 e. The third-order valence-corrected chi connectivity index (χ3v) is 4.04. The summed E-state index contributed by atoms with van der Waals surface area (Å²) in [7, 11) is 1.97. The number of aromatic nitrogens is 4. The van der Waals surface area contributed by atoms with Crippen molar-refractivity contribution in [1.82, 2.24) is 19.3 Å². The van der Waals surface area contributed by atoms with Crippen LogP contribution in [0.1, 0.15) is 37.8 Å². The number of nitrogens with zero attached hydrogens (tertiary/aromatic N) is 4. The van der Waals surface area contributed by atoms with Crippen LogP contribution in [-0.2, 0) is 12.9 Å². The number of alkyl halides is 1. The first-order valence-corrected chi connectivity index (χ1v) is 6.45. The Labute approximate surface area is 106 Å². The standard InChI is InChI=1S/C12H17ClN4/c1-7-10-11(16(4)15-7)17(9(6-13)14-10)8-5-12(8,2)3/h8H,5-6H2,1-4H3. The molecule has 92 valence electrons. The molecule has 0 bridgehead atoms. The van der Waals surface area contributed by atoms with Crippen LogP contribution in [0.3, 0.4) is 0 Å². The smallest absolute Gasteiger partial charge is 0.158 e. The van der Waals surface area contributed by atoms with Gasteiger partial charge in [0.1, 0.15) is 11.3 Å². The molecule has 1 atom stereocenters. The number of hydrogen-bond acceptors (Lipinski definition) is 2. The van der Waals surface area contributed by atoms with Gasteiger partial charge in [0.2, 0.25) is 0 Å². The van der Waals surface area contributed by atoms with Crippen LogP contribution in [0.15, 0.2) is 0 Å². The van der Waals surface area contributed by atoms with Crippen LogP contribution >= 0.6 is 11.6 Å². The second-order valence-electron chi connectivity index (χ2n) is 5.62. The molecule has 1 unspecified atom stereocenters. The van der Waals surface area contributed by atoms with Gasteiger partial charge in [-0.3, -0.25) is 4.68 Å². The van der Waals surface area contributed by atoms with Gasteiger partial charge in [-0.25, -0.2) is 4.98 Å². The molecule has 1 saturated carbocycles. The van der Waals surface area contributed by atoms with Gasteiger partial charge in [-0.1, -0.05) is 13.8 Å². The molecule has 4 nitrogen and oxygen atoms in total. The van der Waals surface area contributed by atoms with Crippen LogP contribution in [0.25, 0.3) is 11.2 Å². The number of fused-ring (bicyclic) bond motifs is 1. The summed E-state index contributed by atoms with van der Waals surface area (Å²) < 4.78 is 4.20. The summed E-state index contributed by atoms with van der Waals surface area (Å²) in [6.07, 6.45) is 1.19. The van der Waals surface area contributed by atoms with E-state index in [1.165, 1.54) is 6.42 Å². The Hall–Kier alpha value is -1.03. The van der Waals surface area contributed by atoms with Gasteiger partial charge in [0, 0.05) is 13.1 Å². The minimum absolute atomic E-state index is 0.354. The van der Waals surface area contributed by atoms with E-state index in [1.807, 2.05) is 18.7 Å². The molecule has 1 aliphatic rings. The number of aryl methyl sites for hydroxylation is 2. The molecule has 5 heteroatoms. The van der Waals surface area contributed by atoms with E-state index in [-0.39, 0.29) is 0 Å². The SMILES string of the molecule is Cc1nn(C)c2c1nc(CCl)n2C1CC1(C)C. The second kappa shape index (κ2) is 3.25. The maximum atomic E-state index is 6.02. The lowest BCUT2D eigenvalue weighted by molar-refractivity contribution is 0.532. The minimum Gasteiger partial charge on any atom is -0.308 e. The van der Waals surface area contributed by atoms with E-state index in [1.54, 1.807) is 0 Å². The monoisotopic (exact) mass is 252 g/mol. The highest BCUT2D eigenvalue weighted by Gasteiger charge is 2.49. The van der Waals surface area contributed by atoms with Crippen LogP contribution in [0, 0.1) is 12.3 Å². The summed E-state index contributed by atoms with van der Waals surface area (Å²) >= 11 is 6.02. The van der Waals surface area contributed by atoms with Crippen LogP contribution in [0.2, 0.25) is 0 Å². The fourth-order valence-electron chi connectivity index (χ4n) is 2.64. The van der Waals surface area contributed by atoms with Crippen molar-refractivity contribution in [2.24, 2.45) is 12.5 Å². The first-order chi connectivity index (χ1) is 7.95. The molecule has 2 heterocycles. The first-order valence-electron chi connectivity index (χ1n) is 5.92. The lowest BCUT2D eigenvalue weighted by Gasteiger charge is -2.09. The Kier molecular flexibility index (Phi) is 2.12. The van der Waals surface area contributed by atoms with Crippen molar-refractivity contribution in [2.45, 2.75) is 39.1 Å². The molecule has 17 heavy (non-hydrogen) atoms. The zero-order valence-corrected chi connectivity index (χ0v) is 11.4. The molecule has 2 aromatic rings. The summed E-state index contributed by atoms with van der Waals surface area (Å²) in [5.41, 5.74) is 3.43. The fourth-order valence-corrected chi connectivity index (χ4v) is 2.83. The van der Waals surface area contributed by atoms with Crippen LogP contribution < -0.4 is 0 Å². The van der Waals surface area contributed by atoms with Crippen LogP contribution in [0.4, 0.5) is 0 Å². The number of imidazole rings is 1. The average molecular weight is 253 g/mol. The van der Waals surface area contributed by atoms with Crippen molar-refractivity contribution in [3.8, 4) is 0 Å². The van der Waals surface area contributed by atoms with Gasteiger partial charge in [0.25, 0.3) is 0 Å². The van der Waals surface area contributed by atoms with E-state index in [4.69, 9.17) is 11.6 Å². The van der Waals surface area contributed by atoms with Gasteiger partial charge in [-0.05, 0) is 18.8 Å². The van der Waals surface area contributed by atoms with Crippen molar-refractivity contribution in [2.75, 3.05) is 0 Å². The van der Waals surface area contributed by atoms with Crippen molar-refractivity contribution in [3.05, 3.63) is 11.5 Å². The molecule has 0 saturated heterocycles. The average Bonchev–Trinajstić information content (AvgIpc) is 2.64. The summed E-state index contributed by atoms with van der Waals surface area (Å²) in [6, 6.07) is 0.510. The topological polar surface area (TPSA) is 35.6 Å². The van der Waals surface area contributed by atoms with Crippen molar-refractivity contribution in [3.63, 3.8) is 0 Å². The Bertz CT molecular complexity index is 593. The Morgan fingerprint density at radius 1 is 1.47 bits per heavy atom. The summed E-state index contributed by atoms with van der Waals surface area (Å²) in [5.74, 6) is 1.43. The van der Waals surface area contributed by atoms with E-state index in [2.05, 4.69) is 28.5 Å². The van der Waals surface area contributed by atoms with E-state index in [0.29, 0.717) is 17.3 Å². The molecule has 0 spiro atoms. The van der Waals surface area contributed by atoms with E-state index < -0.39 is 0 Å². The normalized spacial score (nSPS) is 22.3. The summed E-state index contributed by atoms with van der Waals surface area (Å²) in [4.78, 5) is 4.63. The second-order valence-corrected chi connectivity index (χ2v) is 5.89. The number of halogens is 1. The molecular formula is C12H17ClN4. The molecule has 3 rings (SSSR count).